The van der Waals surface area contributed by atoms with Gasteiger partial charge in [0.2, 0.25) is 0 Å². The number of nitrogens with zero attached hydrogens (tertiary/aromatic N) is 2. The number of fused-ring (bicyclic) bond motifs is 1. The molecule has 0 unspecified atom stereocenters. The minimum absolute atomic E-state index is 0.0196. The highest BCUT2D eigenvalue weighted by Crippen LogP contribution is 2.34. The molecule has 21 heavy (non-hydrogen) atoms. The van der Waals surface area contributed by atoms with Crippen molar-refractivity contribution >= 4 is 27.4 Å². The van der Waals surface area contributed by atoms with E-state index in [2.05, 4.69) is 5.10 Å². The van der Waals surface area contributed by atoms with Crippen molar-refractivity contribution in [1.82, 2.24) is 9.78 Å². The first-order valence-electron chi connectivity index (χ1n) is 6.11. The number of carbonyl (C=O) groups is 1. The van der Waals surface area contributed by atoms with E-state index in [4.69, 9.17) is 4.74 Å². The topological polar surface area (TPSA) is 64.3 Å². The number of thiophene rings is 1. The van der Waals surface area contributed by atoms with Crippen LogP contribution in [0.25, 0.3) is 10.1 Å². The Morgan fingerprint density at radius 1 is 1.52 bits per heavy atom. The first-order chi connectivity index (χ1) is 10.1. The summed E-state index contributed by atoms with van der Waals surface area (Å²) < 4.78 is 21.7. The van der Waals surface area contributed by atoms with Gasteiger partial charge in [-0.1, -0.05) is 6.07 Å². The van der Waals surface area contributed by atoms with Gasteiger partial charge in [-0.2, -0.15) is 5.10 Å². The fourth-order valence-electron chi connectivity index (χ4n) is 2.11. The maximum Gasteiger partial charge on any atom is 0.346 e. The van der Waals surface area contributed by atoms with Crippen molar-refractivity contribution in [2.75, 3.05) is 0 Å². The third-order valence-corrected chi connectivity index (χ3v) is 4.21. The lowest BCUT2D eigenvalue weighted by atomic mass is 10.1. The zero-order valence-corrected chi connectivity index (χ0v) is 11.9. The molecular weight excluding hydrogens is 295 g/mol. The van der Waals surface area contributed by atoms with Gasteiger partial charge in [0.05, 0.1) is 12.4 Å². The Morgan fingerprint density at radius 2 is 2.33 bits per heavy atom. The Labute approximate surface area is 123 Å². The van der Waals surface area contributed by atoms with E-state index in [0.29, 0.717) is 21.4 Å². The summed E-state index contributed by atoms with van der Waals surface area (Å²) in [6.45, 7) is -0.0196. The van der Waals surface area contributed by atoms with Gasteiger partial charge in [-0.25, -0.2) is 9.18 Å². The van der Waals surface area contributed by atoms with Crippen LogP contribution in [0.4, 0.5) is 4.39 Å². The van der Waals surface area contributed by atoms with Crippen LogP contribution in [0.15, 0.2) is 30.6 Å². The quantitative estimate of drug-likeness (QED) is 0.804. The Balaban J connectivity index is 2.02. The molecule has 2 heterocycles. The molecule has 3 rings (SSSR count). The number of aromatic carboxylic acids is 1. The van der Waals surface area contributed by atoms with Crippen LogP contribution in [0, 0.1) is 5.82 Å². The summed E-state index contributed by atoms with van der Waals surface area (Å²) in [5.41, 5.74) is 0.351. The number of hydrogen-bond acceptors (Lipinski definition) is 4. The van der Waals surface area contributed by atoms with Crippen LogP contribution in [-0.2, 0) is 13.7 Å². The number of rotatable bonds is 4. The lowest BCUT2D eigenvalue weighted by Crippen LogP contribution is -2.02. The number of carboxylic acid groups (broad SMARTS) is 1. The summed E-state index contributed by atoms with van der Waals surface area (Å²) in [7, 11) is 1.75. The molecule has 0 saturated carbocycles. The average molecular weight is 306 g/mol. The maximum atomic E-state index is 14.0. The van der Waals surface area contributed by atoms with Crippen LogP contribution >= 0.6 is 11.3 Å². The second-order valence-electron chi connectivity index (χ2n) is 4.47. The molecule has 0 atom stereocenters. The van der Waals surface area contributed by atoms with Crippen molar-refractivity contribution in [2.45, 2.75) is 6.61 Å². The Bertz CT molecular complexity index is 825. The van der Waals surface area contributed by atoms with Crippen LogP contribution in [0.3, 0.4) is 0 Å². The van der Waals surface area contributed by atoms with Crippen LogP contribution < -0.4 is 4.74 Å². The van der Waals surface area contributed by atoms with E-state index < -0.39 is 11.8 Å². The second-order valence-corrected chi connectivity index (χ2v) is 5.52. The predicted molar refractivity (Wildman–Crippen MR) is 76.3 cm³/mol. The molecule has 7 heteroatoms. The molecule has 5 nitrogen and oxygen atoms in total. The highest BCUT2D eigenvalue weighted by atomic mass is 32.1. The minimum Gasteiger partial charge on any atom is -0.486 e. The summed E-state index contributed by atoms with van der Waals surface area (Å²) in [5, 5.41) is 13.5. The molecule has 1 aromatic carbocycles. The summed E-state index contributed by atoms with van der Waals surface area (Å²) in [5.74, 6) is -1.02. The van der Waals surface area contributed by atoms with Crippen LogP contribution in [0.1, 0.15) is 15.2 Å². The average Bonchev–Trinajstić information content (AvgIpc) is 3.01. The number of carboxylic acids is 1. The third kappa shape index (κ3) is 2.47. The third-order valence-electron chi connectivity index (χ3n) is 3.02. The van der Waals surface area contributed by atoms with Crippen molar-refractivity contribution in [2.24, 2.45) is 7.05 Å². The predicted octanol–water partition coefficient (Wildman–Crippen LogP) is 3.05. The van der Waals surface area contributed by atoms with E-state index in [-0.39, 0.29) is 11.5 Å². The smallest absolute Gasteiger partial charge is 0.346 e. The minimum atomic E-state index is -1.08. The fraction of sp³-hybridized carbons (Fsp3) is 0.143. The highest BCUT2D eigenvalue weighted by molar-refractivity contribution is 7.21. The van der Waals surface area contributed by atoms with Crippen molar-refractivity contribution in [1.29, 1.82) is 0 Å². The Kier molecular flexibility index (Phi) is 3.34. The summed E-state index contributed by atoms with van der Waals surface area (Å²) >= 11 is 1.05. The molecule has 1 N–H and O–H groups in total. The molecule has 0 aliphatic heterocycles. The molecule has 0 aliphatic carbocycles. The Hall–Kier alpha value is -2.41. The number of halogens is 1. The van der Waals surface area contributed by atoms with Crippen molar-refractivity contribution in [3.63, 3.8) is 0 Å². The summed E-state index contributed by atoms with van der Waals surface area (Å²) in [4.78, 5) is 11.4. The van der Waals surface area contributed by atoms with Crippen LogP contribution in [-0.4, -0.2) is 20.9 Å². The fourth-order valence-corrected chi connectivity index (χ4v) is 3.17. The van der Waals surface area contributed by atoms with Crippen LogP contribution in [0.5, 0.6) is 5.75 Å². The molecule has 0 bridgehead atoms. The molecule has 2 aromatic heterocycles. The second kappa shape index (κ2) is 5.17. The van der Waals surface area contributed by atoms with Gasteiger partial charge in [-0.15, -0.1) is 11.3 Å². The summed E-state index contributed by atoms with van der Waals surface area (Å²) in [6, 6.07) is 4.57. The first kappa shape index (κ1) is 13.6. The van der Waals surface area contributed by atoms with E-state index in [0.717, 1.165) is 11.3 Å². The highest BCUT2D eigenvalue weighted by Gasteiger charge is 2.20. The normalized spacial score (nSPS) is 11.0. The lowest BCUT2D eigenvalue weighted by molar-refractivity contribution is 0.0699. The number of ether oxygens (including phenoxy) is 1. The van der Waals surface area contributed by atoms with Gasteiger partial charge in [0.15, 0.2) is 5.75 Å². The molecular formula is C14H11FN2O3S. The van der Waals surface area contributed by atoms with Gasteiger partial charge in [0.25, 0.3) is 0 Å². The van der Waals surface area contributed by atoms with Gasteiger partial charge in [0, 0.05) is 22.7 Å². The number of hydrogen-bond donors (Lipinski definition) is 1. The largest absolute Gasteiger partial charge is 0.486 e. The van der Waals surface area contributed by atoms with Gasteiger partial charge in [-0.3, -0.25) is 4.68 Å². The van der Waals surface area contributed by atoms with E-state index in [9.17, 15) is 14.3 Å². The maximum absolute atomic E-state index is 14.0. The molecule has 0 fully saturated rings. The standard InChI is InChI=1S/C14H11FN2O3S/c1-17-6-8(5-16-17)20-7-9-12-10(15)3-2-4-11(12)21-13(9)14(18)19/h2-6H,7H2,1H3,(H,18,19). The van der Waals surface area contributed by atoms with Gasteiger partial charge < -0.3 is 9.84 Å². The van der Waals surface area contributed by atoms with Gasteiger partial charge in [-0.05, 0) is 12.1 Å². The van der Waals surface area contributed by atoms with Crippen molar-refractivity contribution < 1.29 is 19.0 Å². The number of aromatic nitrogens is 2. The van der Waals surface area contributed by atoms with E-state index in [1.165, 1.54) is 12.3 Å². The number of benzene rings is 1. The molecule has 0 aliphatic rings. The van der Waals surface area contributed by atoms with E-state index >= 15 is 0 Å². The van der Waals surface area contributed by atoms with Gasteiger partial charge in [0.1, 0.15) is 17.3 Å². The Morgan fingerprint density at radius 3 is 3.00 bits per heavy atom. The molecule has 108 valence electrons. The van der Waals surface area contributed by atoms with Gasteiger partial charge >= 0.3 is 5.97 Å². The monoisotopic (exact) mass is 306 g/mol. The van der Waals surface area contributed by atoms with E-state index in [1.807, 2.05) is 0 Å². The molecule has 0 radical (unpaired) electrons. The molecule has 3 aromatic rings. The lowest BCUT2D eigenvalue weighted by Gasteiger charge is -2.04. The molecule has 0 amide bonds. The van der Waals surface area contributed by atoms with E-state index in [1.54, 1.807) is 30.1 Å². The van der Waals surface area contributed by atoms with Crippen LogP contribution in [0.2, 0.25) is 0 Å². The first-order valence-corrected chi connectivity index (χ1v) is 6.92. The molecule has 0 spiro atoms. The summed E-state index contributed by atoms with van der Waals surface area (Å²) in [6.07, 6.45) is 3.18. The zero-order chi connectivity index (χ0) is 15.0. The zero-order valence-electron chi connectivity index (χ0n) is 11.0. The van der Waals surface area contributed by atoms with Crippen molar-refractivity contribution in [3.05, 3.63) is 46.9 Å². The molecule has 0 saturated heterocycles. The number of aryl methyl sites for hydroxylation is 1. The van der Waals surface area contributed by atoms with Crippen molar-refractivity contribution in [3.8, 4) is 5.75 Å². The SMILES string of the molecule is Cn1cc(OCc2c(C(=O)O)sc3cccc(F)c23)cn1.